The molecule has 10 heteroatoms. The monoisotopic (exact) mass is 313 g/mol. The molecule has 0 spiro atoms. The number of hydrogen-bond donors (Lipinski definition) is 1. The molecule has 0 unspecified atom stereocenters. The zero-order valence-electron chi connectivity index (χ0n) is 10.4. The number of H-pyrrole nitrogens is 1. The van der Waals surface area contributed by atoms with E-state index in [-0.39, 0.29) is 20.9 Å². The van der Waals surface area contributed by atoms with Crippen molar-refractivity contribution < 1.29 is 4.79 Å². The molecule has 8 nitrogen and oxygen atoms in total. The lowest BCUT2D eigenvalue weighted by Crippen LogP contribution is -2.33. The van der Waals surface area contributed by atoms with Gasteiger partial charge in [-0.2, -0.15) is 4.98 Å². The summed E-state index contributed by atoms with van der Waals surface area (Å²) in [7, 11) is 1.51. The van der Waals surface area contributed by atoms with Gasteiger partial charge < -0.3 is 0 Å². The van der Waals surface area contributed by atoms with E-state index < -0.39 is 11.1 Å². The first-order valence-corrected chi connectivity index (χ1v) is 6.46. The number of halogens is 1. The normalized spacial score (nSPS) is 10.6. The third kappa shape index (κ3) is 2.78. The van der Waals surface area contributed by atoms with E-state index in [1.54, 1.807) is 6.92 Å². The van der Waals surface area contributed by atoms with Gasteiger partial charge in [0.2, 0.25) is 0 Å². The van der Waals surface area contributed by atoms with Crippen molar-refractivity contribution in [1.82, 2.24) is 24.7 Å². The number of hydrogen-bond acceptors (Lipinski definition) is 7. The number of aromatic nitrogens is 5. The van der Waals surface area contributed by atoms with Crippen LogP contribution in [-0.2, 0) is 7.05 Å². The van der Waals surface area contributed by atoms with E-state index in [0.29, 0.717) is 12.1 Å². The summed E-state index contributed by atoms with van der Waals surface area (Å²) in [4.78, 5) is 45.0. The van der Waals surface area contributed by atoms with Gasteiger partial charge in [-0.3, -0.25) is 24.2 Å². The zero-order chi connectivity index (χ0) is 14.9. The fraction of sp³-hybridized carbons (Fsp3) is 0.200. The predicted octanol–water partition coefficient (Wildman–Crippen LogP) is 0.184. The van der Waals surface area contributed by atoms with Crippen LogP contribution >= 0.6 is 23.4 Å². The van der Waals surface area contributed by atoms with Crippen LogP contribution in [0.15, 0.2) is 19.8 Å². The zero-order valence-corrected chi connectivity index (χ0v) is 11.9. The minimum absolute atomic E-state index is 0.0180. The number of carbonyl (C=O) groups is 1. The molecular formula is C10H8ClN5O3S. The Morgan fingerprint density at radius 2 is 2.00 bits per heavy atom. The van der Waals surface area contributed by atoms with Gasteiger partial charge in [-0.25, -0.2) is 9.97 Å². The second-order valence-electron chi connectivity index (χ2n) is 3.70. The lowest BCUT2D eigenvalue weighted by Gasteiger charge is -2.08. The van der Waals surface area contributed by atoms with Crippen LogP contribution in [-0.4, -0.2) is 31.0 Å². The number of nitrogens with one attached hydrogen (secondary N) is 1. The Balaban J connectivity index is 2.55. The highest BCUT2D eigenvalue weighted by molar-refractivity contribution is 7.99. The molecule has 1 N–H and O–H groups in total. The summed E-state index contributed by atoms with van der Waals surface area (Å²) in [5.74, 6) is 0.373. The molecule has 0 aliphatic heterocycles. The number of nitrogens with zero attached hydrogens (tertiary/aromatic N) is 4. The lowest BCUT2D eigenvalue weighted by atomic mass is 10.4. The van der Waals surface area contributed by atoms with Crippen molar-refractivity contribution in [2.75, 3.05) is 0 Å². The number of aryl methyl sites for hydroxylation is 2. The van der Waals surface area contributed by atoms with Crippen LogP contribution in [0.3, 0.4) is 0 Å². The summed E-state index contributed by atoms with van der Waals surface area (Å²) >= 11 is 6.79. The first-order valence-electron chi connectivity index (χ1n) is 5.27. The SMILES string of the molecule is Cc1nc(Cl)c(C=O)c(Sc2nc(=O)c(=O)[nH]n2C)n1. The van der Waals surface area contributed by atoms with Crippen LogP contribution < -0.4 is 11.1 Å². The van der Waals surface area contributed by atoms with Crippen LogP contribution in [0.25, 0.3) is 0 Å². The molecule has 0 saturated heterocycles. The molecule has 0 aromatic carbocycles. The molecule has 2 heterocycles. The van der Waals surface area contributed by atoms with Crippen molar-refractivity contribution in [1.29, 1.82) is 0 Å². The molecular weight excluding hydrogens is 306 g/mol. The Morgan fingerprint density at radius 1 is 1.30 bits per heavy atom. The summed E-state index contributed by atoms with van der Waals surface area (Å²) in [6.07, 6.45) is 0.522. The third-order valence-electron chi connectivity index (χ3n) is 2.23. The number of aromatic amines is 1. The van der Waals surface area contributed by atoms with E-state index >= 15 is 0 Å². The summed E-state index contributed by atoms with van der Waals surface area (Å²) in [5, 5.41) is 2.74. The van der Waals surface area contributed by atoms with Gasteiger partial charge in [0.15, 0.2) is 11.4 Å². The average Bonchev–Trinajstić information content (AvgIpc) is 2.35. The molecule has 2 aromatic rings. The molecule has 0 aliphatic rings. The predicted molar refractivity (Wildman–Crippen MR) is 71.4 cm³/mol. The van der Waals surface area contributed by atoms with Gasteiger partial charge in [0.05, 0.1) is 5.56 Å². The standard InChI is InChI=1S/C10H8ClN5O3S/c1-4-12-6(11)5(3-17)9(13-4)20-10-14-7(18)8(19)15-16(10)2/h3H,1-2H3,(H,15,19). The van der Waals surface area contributed by atoms with Gasteiger partial charge in [0, 0.05) is 7.05 Å². The van der Waals surface area contributed by atoms with Gasteiger partial charge >= 0.3 is 11.1 Å². The minimum atomic E-state index is -0.921. The fourth-order valence-corrected chi connectivity index (χ4v) is 2.57. The smallest absolute Gasteiger partial charge is 0.298 e. The highest BCUT2D eigenvalue weighted by Gasteiger charge is 2.15. The quantitative estimate of drug-likeness (QED) is 0.489. The Hall–Kier alpha value is -2.00. The Kier molecular flexibility index (Phi) is 4.00. The number of carbonyl (C=O) groups excluding carboxylic acids is 1. The van der Waals surface area contributed by atoms with Gasteiger partial charge in [0.1, 0.15) is 16.0 Å². The first kappa shape index (κ1) is 14.4. The Bertz CT molecular complexity index is 800. The van der Waals surface area contributed by atoms with E-state index in [4.69, 9.17) is 11.6 Å². The van der Waals surface area contributed by atoms with Gasteiger partial charge in [-0.1, -0.05) is 11.6 Å². The van der Waals surface area contributed by atoms with Crippen LogP contribution in [0.2, 0.25) is 5.15 Å². The largest absolute Gasteiger partial charge is 0.339 e. The van der Waals surface area contributed by atoms with Crippen molar-refractivity contribution in [2.24, 2.45) is 7.05 Å². The van der Waals surface area contributed by atoms with Crippen molar-refractivity contribution >= 4 is 29.6 Å². The van der Waals surface area contributed by atoms with Crippen LogP contribution in [0, 0.1) is 6.92 Å². The van der Waals surface area contributed by atoms with Gasteiger partial charge in [-0.15, -0.1) is 0 Å². The molecule has 0 amide bonds. The van der Waals surface area contributed by atoms with Crippen LogP contribution in [0.5, 0.6) is 0 Å². The van der Waals surface area contributed by atoms with Crippen molar-refractivity contribution in [3.8, 4) is 0 Å². The van der Waals surface area contributed by atoms with E-state index in [2.05, 4.69) is 20.1 Å². The third-order valence-corrected chi connectivity index (χ3v) is 3.57. The average molecular weight is 314 g/mol. The second-order valence-corrected chi connectivity index (χ2v) is 5.01. The van der Waals surface area contributed by atoms with E-state index in [9.17, 15) is 14.4 Å². The van der Waals surface area contributed by atoms with E-state index in [1.165, 1.54) is 11.7 Å². The molecule has 0 atom stereocenters. The molecule has 0 saturated carbocycles. The second kappa shape index (κ2) is 5.55. The first-order chi connectivity index (χ1) is 9.42. The van der Waals surface area contributed by atoms with Crippen molar-refractivity contribution in [3.63, 3.8) is 0 Å². The summed E-state index contributed by atoms with van der Waals surface area (Å²) in [6, 6.07) is 0. The summed E-state index contributed by atoms with van der Waals surface area (Å²) < 4.78 is 1.26. The maximum atomic E-state index is 11.3. The highest BCUT2D eigenvalue weighted by Crippen LogP contribution is 2.28. The summed E-state index contributed by atoms with van der Waals surface area (Å²) in [6.45, 7) is 1.61. The topological polar surface area (TPSA) is 111 Å². The molecule has 2 rings (SSSR count). The molecule has 0 bridgehead atoms. The van der Waals surface area contributed by atoms with Crippen LogP contribution in [0.1, 0.15) is 16.2 Å². The fourth-order valence-electron chi connectivity index (χ4n) is 1.34. The van der Waals surface area contributed by atoms with Gasteiger partial charge in [-0.05, 0) is 18.7 Å². The maximum Gasteiger partial charge on any atom is 0.339 e. The lowest BCUT2D eigenvalue weighted by molar-refractivity contribution is 0.112. The Labute approximate surface area is 121 Å². The molecule has 2 aromatic heterocycles. The molecule has 0 aliphatic carbocycles. The van der Waals surface area contributed by atoms with Gasteiger partial charge in [0.25, 0.3) is 0 Å². The van der Waals surface area contributed by atoms with E-state index in [0.717, 1.165) is 11.8 Å². The Morgan fingerprint density at radius 3 is 2.65 bits per heavy atom. The van der Waals surface area contributed by atoms with Crippen molar-refractivity contribution in [2.45, 2.75) is 17.1 Å². The molecule has 104 valence electrons. The summed E-state index contributed by atoms with van der Waals surface area (Å²) in [5.41, 5.74) is -1.65. The van der Waals surface area contributed by atoms with E-state index in [1.807, 2.05) is 0 Å². The molecule has 20 heavy (non-hydrogen) atoms. The number of rotatable bonds is 3. The molecule has 0 radical (unpaired) electrons. The maximum absolute atomic E-state index is 11.3. The molecule has 0 fully saturated rings. The minimum Gasteiger partial charge on any atom is -0.298 e. The number of aldehydes is 1. The van der Waals surface area contributed by atoms with Crippen molar-refractivity contribution in [3.05, 3.63) is 37.2 Å². The highest BCUT2D eigenvalue weighted by atomic mass is 35.5. The van der Waals surface area contributed by atoms with Crippen LogP contribution in [0.4, 0.5) is 0 Å².